The monoisotopic (exact) mass is 334 g/mol. The quantitative estimate of drug-likeness (QED) is 0.723. The molecule has 0 N–H and O–H groups in total. The second kappa shape index (κ2) is 6.31. The van der Waals surface area contributed by atoms with Crippen LogP contribution in [0.5, 0.6) is 0 Å². The SMILES string of the molecule is CCc1ccc(CC)c(C(=O)c2ccc(Br)c(F)c2)c1. The Labute approximate surface area is 127 Å². The first-order valence-corrected chi connectivity index (χ1v) is 7.47. The van der Waals surface area contributed by atoms with Gasteiger partial charge in [0, 0.05) is 11.1 Å². The second-order valence-corrected chi connectivity index (χ2v) is 5.51. The van der Waals surface area contributed by atoms with Crippen molar-refractivity contribution in [2.75, 3.05) is 0 Å². The lowest BCUT2D eigenvalue weighted by molar-refractivity contribution is 0.103. The van der Waals surface area contributed by atoms with E-state index >= 15 is 0 Å². The van der Waals surface area contributed by atoms with E-state index in [1.807, 2.05) is 25.1 Å². The minimum atomic E-state index is -0.416. The van der Waals surface area contributed by atoms with Crippen molar-refractivity contribution >= 4 is 21.7 Å². The highest BCUT2D eigenvalue weighted by Crippen LogP contribution is 2.21. The average molecular weight is 335 g/mol. The third-order valence-corrected chi connectivity index (χ3v) is 4.03. The van der Waals surface area contributed by atoms with Gasteiger partial charge in [0.05, 0.1) is 4.47 Å². The average Bonchev–Trinajstić information content (AvgIpc) is 2.48. The molecule has 0 unspecified atom stereocenters. The van der Waals surface area contributed by atoms with E-state index in [9.17, 15) is 9.18 Å². The van der Waals surface area contributed by atoms with Gasteiger partial charge in [-0.3, -0.25) is 4.79 Å². The molecule has 2 aromatic rings. The van der Waals surface area contributed by atoms with E-state index in [0.717, 1.165) is 24.0 Å². The van der Waals surface area contributed by atoms with Crippen molar-refractivity contribution in [1.29, 1.82) is 0 Å². The zero-order valence-corrected chi connectivity index (χ0v) is 13.1. The first kappa shape index (κ1) is 14.9. The van der Waals surface area contributed by atoms with Crippen molar-refractivity contribution in [2.45, 2.75) is 26.7 Å². The molecule has 0 spiro atoms. The van der Waals surface area contributed by atoms with Gasteiger partial charge >= 0.3 is 0 Å². The zero-order valence-electron chi connectivity index (χ0n) is 11.5. The summed E-state index contributed by atoms with van der Waals surface area (Å²) in [6, 6.07) is 10.4. The molecule has 0 aliphatic rings. The van der Waals surface area contributed by atoms with Gasteiger partial charge in [-0.25, -0.2) is 4.39 Å². The van der Waals surface area contributed by atoms with Crippen LogP contribution < -0.4 is 0 Å². The first-order chi connectivity index (χ1) is 9.56. The van der Waals surface area contributed by atoms with Crippen LogP contribution in [0.1, 0.15) is 40.9 Å². The smallest absolute Gasteiger partial charge is 0.193 e. The zero-order chi connectivity index (χ0) is 14.7. The molecule has 2 aromatic carbocycles. The molecule has 2 rings (SSSR count). The number of hydrogen-bond donors (Lipinski definition) is 0. The molecule has 0 heterocycles. The molecular weight excluding hydrogens is 319 g/mol. The third kappa shape index (κ3) is 2.98. The minimum absolute atomic E-state index is 0.122. The van der Waals surface area contributed by atoms with Gasteiger partial charge in [0.2, 0.25) is 0 Å². The molecule has 0 saturated carbocycles. The van der Waals surface area contributed by atoms with Gasteiger partial charge in [0.15, 0.2) is 5.78 Å². The molecule has 104 valence electrons. The van der Waals surface area contributed by atoms with Gasteiger partial charge in [0.1, 0.15) is 5.82 Å². The maximum Gasteiger partial charge on any atom is 0.193 e. The molecular formula is C17H16BrFO. The minimum Gasteiger partial charge on any atom is -0.289 e. The van der Waals surface area contributed by atoms with Gasteiger partial charge in [-0.15, -0.1) is 0 Å². The van der Waals surface area contributed by atoms with Crippen LogP contribution >= 0.6 is 15.9 Å². The fourth-order valence-electron chi connectivity index (χ4n) is 2.16. The van der Waals surface area contributed by atoms with Gasteiger partial charge in [-0.1, -0.05) is 26.0 Å². The van der Waals surface area contributed by atoms with Crippen LogP contribution in [0.25, 0.3) is 0 Å². The van der Waals surface area contributed by atoms with Crippen LogP contribution in [0.15, 0.2) is 40.9 Å². The van der Waals surface area contributed by atoms with Gasteiger partial charge in [0.25, 0.3) is 0 Å². The standard InChI is InChI=1S/C17H16BrFO/c1-3-11-5-6-12(4-2)14(9-11)17(20)13-7-8-15(18)16(19)10-13/h5-10H,3-4H2,1-2H3. The predicted molar refractivity (Wildman–Crippen MR) is 82.7 cm³/mol. The van der Waals surface area contributed by atoms with Crippen LogP contribution in [0.3, 0.4) is 0 Å². The lowest BCUT2D eigenvalue weighted by atomic mass is 9.94. The van der Waals surface area contributed by atoms with Crippen molar-refractivity contribution in [2.24, 2.45) is 0 Å². The summed E-state index contributed by atoms with van der Waals surface area (Å²) < 4.78 is 14.0. The number of halogens is 2. The van der Waals surface area contributed by atoms with Crippen molar-refractivity contribution in [1.82, 2.24) is 0 Å². The Balaban J connectivity index is 2.48. The number of rotatable bonds is 4. The molecule has 0 aromatic heterocycles. The van der Waals surface area contributed by atoms with Gasteiger partial charge in [-0.05, 0) is 64.2 Å². The summed E-state index contributed by atoms with van der Waals surface area (Å²) in [5.41, 5.74) is 3.17. The highest BCUT2D eigenvalue weighted by molar-refractivity contribution is 9.10. The van der Waals surface area contributed by atoms with Crippen molar-refractivity contribution in [3.05, 3.63) is 68.9 Å². The van der Waals surface area contributed by atoms with Crippen LogP contribution in [0.2, 0.25) is 0 Å². The molecule has 0 atom stereocenters. The van der Waals surface area contributed by atoms with E-state index in [2.05, 4.69) is 22.9 Å². The van der Waals surface area contributed by atoms with Gasteiger partial charge in [-0.2, -0.15) is 0 Å². The summed E-state index contributed by atoms with van der Waals surface area (Å²) in [5, 5.41) is 0. The van der Waals surface area contributed by atoms with Crippen LogP contribution in [0, 0.1) is 5.82 Å². The third-order valence-electron chi connectivity index (χ3n) is 3.39. The van der Waals surface area contributed by atoms with Gasteiger partial charge < -0.3 is 0 Å². The summed E-state index contributed by atoms with van der Waals surface area (Å²) in [5.74, 6) is -0.538. The summed E-state index contributed by atoms with van der Waals surface area (Å²) in [6.45, 7) is 4.06. The number of aryl methyl sites for hydroxylation is 2. The molecule has 0 saturated heterocycles. The fourth-order valence-corrected chi connectivity index (χ4v) is 2.40. The molecule has 0 radical (unpaired) electrons. The number of hydrogen-bond acceptors (Lipinski definition) is 1. The Kier molecular flexibility index (Phi) is 4.71. The number of carbonyl (C=O) groups excluding carboxylic acids is 1. The van der Waals surface area contributed by atoms with Crippen LogP contribution in [-0.2, 0) is 12.8 Å². The normalized spacial score (nSPS) is 10.6. The van der Waals surface area contributed by atoms with E-state index in [-0.39, 0.29) is 5.78 Å². The predicted octanol–water partition coefficient (Wildman–Crippen LogP) is 4.94. The Morgan fingerprint density at radius 2 is 1.85 bits per heavy atom. The van der Waals surface area contributed by atoms with Crippen molar-refractivity contribution in [3.63, 3.8) is 0 Å². The van der Waals surface area contributed by atoms with E-state index < -0.39 is 5.82 Å². The van der Waals surface area contributed by atoms with E-state index in [4.69, 9.17) is 0 Å². The molecule has 0 aliphatic carbocycles. The molecule has 3 heteroatoms. The molecule has 20 heavy (non-hydrogen) atoms. The molecule has 0 amide bonds. The first-order valence-electron chi connectivity index (χ1n) is 6.68. The number of carbonyl (C=O) groups is 1. The second-order valence-electron chi connectivity index (χ2n) is 4.66. The summed E-state index contributed by atoms with van der Waals surface area (Å²) >= 11 is 3.10. The largest absolute Gasteiger partial charge is 0.289 e. The molecule has 0 bridgehead atoms. The fraction of sp³-hybridized carbons (Fsp3) is 0.235. The van der Waals surface area contributed by atoms with E-state index in [1.165, 1.54) is 6.07 Å². The highest BCUT2D eigenvalue weighted by Gasteiger charge is 2.15. The number of ketones is 1. The topological polar surface area (TPSA) is 17.1 Å². The summed E-state index contributed by atoms with van der Waals surface area (Å²) in [6.07, 6.45) is 1.66. The van der Waals surface area contributed by atoms with Crippen LogP contribution in [-0.4, -0.2) is 5.78 Å². The molecule has 0 fully saturated rings. The summed E-state index contributed by atoms with van der Waals surface area (Å²) in [7, 11) is 0. The summed E-state index contributed by atoms with van der Waals surface area (Å²) in [4.78, 5) is 12.6. The Morgan fingerprint density at radius 3 is 2.45 bits per heavy atom. The Bertz CT molecular complexity index is 649. The maximum absolute atomic E-state index is 13.6. The van der Waals surface area contributed by atoms with Crippen molar-refractivity contribution < 1.29 is 9.18 Å². The number of benzene rings is 2. The van der Waals surface area contributed by atoms with E-state index in [1.54, 1.807) is 12.1 Å². The molecule has 1 nitrogen and oxygen atoms in total. The maximum atomic E-state index is 13.6. The Hall–Kier alpha value is -1.48. The lowest BCUT2D eigenvalue weighted by Gasteiger charge is -2.09. The van der Waals surface area contributed by atoms with Crippen LogP contribution in [0.4, 0.5) is 4.39 Å². The lowest BCUT2D eigenvalue weighted by Crippen LogP contribution is -2.06. The van der Waals surface area contributed by atoms with E-state index in [0.29, 0.717) is 15.6 Å². The highest BCUT2D eigenvalue weighted by atomic mass is 79.9. The molecule has 0 aliphatic heterocycles. The van der Waals surface area contributed by atoms with Crippen molar-refractivity contribution in [3.8, 4) is 0 Å². The Morgan fingerprint density at radius 1 is 1.10 bits per heavy atom.